The molecule has 1 aliphatic heterocycles. The lowest BCUT2D eigenvalue weighted by Crippen LogP contribution is -2.53. The van der Waals surface area contributed by atoms with Crippen molar-refractivity contribution in [1.29, 1.82) is 0 Å². The number of urea groups is 1. The van der Waals surface area contributed by atoms with E-state index in [1.807, 2.05) is 38.1 Å². The van der Waals surface area contributed by atoms with Gasteiger partial charge in [-0.15, -0.1) is 0 Å². The molecule has 1 aliphatic rings. The Morgan fingerprint density at radius 3 is 2.86 bits per heavy atom. The minimum Gasteiger partial charge on any atom is -0.497 e. The van der Waals surface area contributed by atoms with Gasteiger partial charge in [0.05, 0.1) is 26.2 Å². The van der Waals surface area contributed by atoms with Crippen LogP contribution in [0.25, 0.3) is 0 Å². The lowest BCUT2D eigenvalue weighted by Gasteiger charge is -2.36. The molecular formula is C21H28N4O4. The summed E-state index contributed by atoms with van der Waals surface area (Å²) in [7, 11) is 2.94. The summed E-state index contributed by atoms with van der Waals surface area (Å²) < 4.78 is 10.3. The highest BCUT2D eigenvalue weighted by Crippen LogP contribution is 2.34. The van der Waals surface area contributed by atoms with Crippen LogP contribution in [0.2, 0.25) is 0 Å². The van der Waals surface area contributed by atoms with Crippen molar-refractivity contribution >= 4 is 12.0 Å². The number of benzene rings is 1. The average Bonchev–Trinajstić information content (AvgIpc) is 3.24. The highest BCUT2D eigenvalue weighted by Gasteiger charge is 2.36. The average molecular weight is 400 g/mol. The summed E-state index contributed by atoms with van der Waals surface area (Å²) in [4.78, 5) is 34.8. The molecule has 0 radical (unpaired) electrons. The molecule has 0 saturated heterocycles. The van der Waals surface area contributed by atoms with E-state index in [9.17, 15) is 9.59 Å². The van der Waals surface area contributed by atoms with Crippen molar-refractivity contribution in [2.45, 2.75) is 38.8 Å². The van der Waals surface area contributed by atoms with Crippen molar-refractivity contribution in [2.75, 3.05) is 20.8 Å². The number of amides is 2. The van der Waals surface area contributed by atoms with Crippen molar-refractivity contribution in [3.63, 3.8) is 0 Å². The Kier molecular flexibility index (Phi) is 6.41. The molecule has 0 fully saturated rings. The predicted molar refractivity (Wildman–Crippen MR) is 108 cm³/mol. The SMILES string of the molecule is CC[C@H](C)[C@H](NC(=O)N1CCc2[nH]cnc2[C@@H]1c1cccc(OC)c1)C(=O)OC. The van der Waals surface area contributed by atoms with E-state index in [1.165, 1.54) is 7.11 Å². The third-order valence-electron chi connectivity index (χ3n) is 5.54. The molecule has 3 rings (SSSR count). The number of hydrogen-bond acceptors (Lipinski definition) is 5. The summed E-state index contributed by atoms with van der Waals surface area (Å²) >= 11 is 0. The number of esters is 1. The second kappa shape index (κ2) is 8.98. The number of aromatic nitrogens is 2. The number of fused-ring (bicyclic) bond motifs is 1. The van der Waals surface area contributed by atoms with Crippen LogP contribution < -0.4 is 10.1 Å². The number of aromatic amines is 1. The predicted octanol–water partition coefficient (Wildman–Crippen LogP) is 2.66. The summed E-state index contributed by atoms with van der Waals surface area (Å²) in [5.41, 5.74) is 2.71. The Morgan fingerprint density at radius 1 is 1.38 bits per heavy atom. The Bertz CT molecular complexity index is 866. The fourth-order valence-electron chi connectivity index (χ4n) is 3.66. The zero-order valence-electron chi connectivity index (χ0n) is 17.3. The maximum atomic E-state index is 13.3. The smallest absolute Gasteiger partial charge is 0.328 e. The van der Waals surface area contributed by atoms with Gasteiger partial charge in [0, 0.05) is 18.7 Å². The van der Waals surface area contributed by atoms with Crippen LogP contribution in [0.3, 0.4) is 0 Å². The van der Waals surface area contributed by atoms with E-state index in [1.54, 1.807) is 18.3 Å². The third kappa shape index (κ3) is 4.21. The molecule has 2 heterocycles. The molecule has 156 valence electrons. The number of ether oxygens (including phenoxy) is 2. The number of hydrogen-bond donors (Lipinski definition) is 2. The quantitative estimate of drug-likeness (QED) is 0.727. The number of carbonyl (C=O) groups excluding carboxylic acids is 2. The van der Waals surface area contributed by atoms with Crippen LogP contribution in [0.15, 0.2) is 30.6 Å². The van der Waals surface area contributed by atoms with E-state index in [2.05, 4.69) is 15.3 Å². The van der Waals surface area contributed by atoms with Gasteiger partial charge in [-0.1, -0.05) is 32.4 Å². The summed E-state index contributed by atoms with van der Waals surface area (Å²) in [5, 5.41) is 2.88. The number of carbonyl (C=O) groups is 2. The maximum absolute atomic E-state index is 13.3. The normalized spacial score (nSPS) is 17.8. The van der Waals surface area contributed by atoms with Crippen molar-refractivity contribution < 1.29 is 19.1 Å². The van der Waals surface area contributed by atoms with Gasteiger partial charge in [-0.25, -0.2) is 14.6 Å². The molecule has 29 heavy (non-hydrogen) atoms. The molecule has 2 aromatic rings. The molecule has 1 aromatic heterocycles. The molecule has 8 heteroatoms. The van der Waals surface area contributed by atoms with E-state index in [0.717, 1.165) is 23.4 Å². The molecule has 8 nitrogen and oxygen atoms in total. The zero-order valence-corrected chi connectivity index (χ0v) is 17.3. The topological polar surface area (TPSA) is 96.5 Å². The number of methoxy groups -OCH3 is 2. The van der Waals surface area contributed by atoms with Gasteiger partial charge in [0.25, 0.3) is 0 Å². The lowest BCUT2D eigenvalue weighted by atomic mass is 9.95. The number of nitrogens with one attached hydrogen (secondary N) is 2. The monoisotopic (exact) mass is 400 g/mol. The first-order valence-electron chi connectivity index (χ1n) is 9.81. The molecule has 0 aliphatic carbocycles. The van der Waals surface area contributed by atoms with Gasteiger partial charge in [-0.05, 0) is 23.6 Å². The van der Waals surface area contributed by atoms with Crippen LogP contribution in [-0.2, 0) is 16.0 Å². The minimum absolute atomic E-state index is 0.0487. The van der Waals surface area contributed by atoms with Gasteiger partial charge >= 0.3 is 12.0 Å². The van der Waals surface area contributed by atoms with Crippen LogP contribution in [0.1, 0.15) is 43.3 Å². The van der Waals surface area contributed by atoms with Gasteiger partial charge in [0.1, 0.15) is 17.8 Å². The summed E-state index contributed by atoms with van der Waals surface area (Å²) in [6.07, 6.45) is 3.05. The first kappa shape index (κ1) is 20.7. The Hall–Kier alpha value is -3.03. The van der Waals surface area contributed by atoms with E-state index >= 15 is 0 Å². The molecule has 2 amide bonds. The summed E-state index contributed by atoms with van der Waals surface area (Å²) in [5.74, 6) is 0.216. The second-order valence-electron chi connectivity index (χ2n) is 7.22. The van der Waals surface area contributed by atoms with E-state index in [4.69, 9.17) is 9.47 Å². The van der Waals surface area contributed by atoms with Crippen LogP contribution in [0, 0.1) is 5.92 Å². The fraction of sp³-hybridized carbons (Fsp3) is 0.476. The number of rotatable bonds is 6. The van der Waals surface area contributed by atoms with Crippen molar-refractivity contribution in [3.8, 4) is 5.75 Å². The summed E-state index contributed by atoms with van der Waals surface area (Å²) in [6.45, 7) is 4.39. The maximum Gasteiger partial charge on any atom is 0.328 e. The second-order valence-corrected chi connectivity index (χ2v) is 7.22. The molecule has 0 unspecified atom stereocenters. The van der Waals surface area contributed by atoms with E-state index in [-0.39, 0.29) is 18.0 Å². The van der Waals surface area contributed by atoms with E-state index < -0.39 is 12.0 Å². The Labute approximate surface area is 170 Å². The van der Waals surface area contributed by atoms with Crippen LogP contribution in [0.4, 0.5) is 4.79 Å². The van der Waals surface area contributed by atoms with Crippen molar-refractivity contribution in [1.82, 2.24) is 20.2 Å². The Morgan fingerprint density at radius 2 is 2.17 bits per heavy atom. The molecular weight excluding hydrogens is 372 g/mol. The van der Waals surface area contributed by atoms with Gasteiger partial charge in [0.2, 0.25) is 0 Å². The zero-order chi connectivity index (χ0) is 21.0. The molecule has 0 saturated carbocycles. The molecule has 0 spiro atoms. The van der Waals surface area contributed by atoms with E-state index in [0.29, 0.717) is 18.7 Å². The highest BCUT2D eigenvalue weighted by atomic mass is 16.5. The molecule has 3 atom stereocenters. The number of nitrogens with zero attached hydrogens (tertiary/aromatic N) is 2. The molecule has 1 aromatic carbocycles. The van der Waals surface area contributed by atoms with Crippen molar-refractivity contribution in [3.05, 3.63) is 47.5 Å². The van der Waals surface area contributed by atoms with Crippen LogP contribution in [-0.4, -0.2) is 53.7 Å². The van der Waals surface area contributed by atoms with Crippen LogP contribution >= 0.6 is 0 Å². The fourth-order valence-corrected chi connectivity index (χ4v) is 3.66. The minimum atomic E-state index is -0.705. The molecule has 2 N–H and O–H groups in total. The molecule has 0 bridgehead atoms. The summed E-state index contributed by atoms with van der Waals surface area (Å²) in [6, 6.07) is 6.20. The third-order valence-corrected chi connectivity index (χ3v) is 5.54. The van der Waals surface area contributed by atoms with Gasteiger partial charge in [-0.2, -0.15) is 0 Å². The largest absolute Gasteiger partial charge is 0.497 e. The van der Waals surface area contributed by atoms with Gasteiger partial charge < -0.3 is 24.7 Å². The Balaban J connectivity index is 1.93. The van der Waals surface area contributed by atoms with Crippen molar-refractivity contribution in [2.24, 2.45) is 5.92 Å². The standard InChI is InChI=1S/C21H28N4O4/c1-5-13(2)17(20(26)29-4)24-21(27)25-10-9-16-18(23-12-22-16)19(25)14-7-6-8-15(11-14)28-3/h6-8,11-13,17,19H,5,9-10H2,1-4H3,(H,22,23)(H,24,27)/t13-,17-,19-/m0/s1. The van der Waals surface area contributed by atoms with Gasteiger partial charge in [0.15, 0.2) is 0 Å². The van der Waals surface area contributed by atoms with Gasteiger partial charge in [-0.3, -0.25) is 0 Å². The first-order valence-corrected chi connectivity index (χ1v) is 9.81. The number of imidazole rings is 1. The first-order chi connectivity index (χ1) is 14.0. The lowest BCUT2D eigenvalue weighted by molar-refractivity contribution is -0.144. The van der Waals surface area contributed by atoms with Crippen LogP contribution in [0.5, 0.6) is 5.75 Å². The highest BCUT2D eigenvalue weighted by molar-refractivity contribution is 5.84. The number of H-pyrrole nitrogens is 1.